The molecule has 1 rings (SSSR count). The van der Waals surface area contributed by atoms with Gasteiger partial charge in [0.15, 0.2) is 0 Å². The van der Waals surface area contributed by atoms with Gasteiger partial charge >= 0.3 is 0 Å². The lowest BCUT2D eigenvalue weighted by Crippen LogP contribution is -2.50. The fourth-order valence-corrected chi connectivity index (χ4v) is 1.61. The van der Waals surface area contributed by atoms with Crippen LogP contribution in [0.2, 0.25) is 0 Å². The van der Waals surface area contributed by atoms with Crippen molar-refractivity contribution in [3.8, 4) is 0 Å². The van der Waals surface area contributed by atoms with Crippen molar-refractivity contribution in [2.24, 2.45) is 0 Å². The summed E-state index contributed by atoms with van der Waals surface area (Å²) in [6.07, 6.45) is 6.21. The second kappa shape index (κ2) is 3.75. The van der Waals surface area contributed by atoms with Crippen LogP contribution in [-0.2, 0) is 9.47 Å². The lowest BCUT2D eigenvalue weighted by molar-refractivity contribution is -0.121. The maximum Gasteiger partial charge on any atom is 0.118 e. The van der Waals surface area contributed by atoms with Crippen LogP contribution in [0.5, 0.6) is 0 Å². The maximum absolute atomic E-state index is 10.0. The fraction of sp³-hybridized carbons (Fsp3) is 0.636. The average Bonchev–Trinajstić information content (AvgIpc) is 2.16. The predicted octanol–water partition coefficient (Wildman–Crippen LogP) is 1.63. The highest BCUT2D eigenvalue weighted by molar-refractivity contribution is 5.27. The zero-order valence-electron chi connectivity index (χ0n) is 9.20. The maximum atomic E-state index is 10.0. The molecule has 0 heterocycles. The summed E-state index contributed by atoms with van der Waals surface area (Å²) in [7, 11) is 3.23. The van der Waals surface area contributed by atoms with Crippen LogP contribution in [0.3, 0.4) is 0 Å². The number of ether oxygens (including phenoxy) is 2. The van der Waals surface area contributed by atoms with Gasteiger partial charge in [-0.25, -0.2) is 0 Å². The van der Waals surface area contributed by atoms with Crippen LogP contribution in [-0.4, -0.2) is 30.5 Å². The average molecular weight is 198 g/mol. The highest BCUT2D eigenvalue weighted by atomic mass is 16.5. The highest BCUT2D eigenvalue weighted by Gasteiger charge is 2.42. The van der Waals surface area contributed by atoms with Crippen LogP contribution < -0.4 is 0 Å². The van der Waals surface area contributed by atoms with E-state index in [0.29, 0.717) is 6.42 Å². The van der Waals surface area contributed by atoms with Crippen molar-refractivity contribution >= 4 is 0 Å². The Morgan fingerprint density at radius 3 is 2.36 bits per heavy atom. The molecular weight excluding hydrogens is 180 g/mol. The molecule has 0 fully saturated rings. The molecular formula is C11H18O3. The third-order valence-corrected chi connectivity index (χ3v) is 2.76. The van der Waals surface area contributed by atoms with Gasteiger partial charge in [-0.05, 0) is 32.1 Å². The molecule has 0 aromatic rings. The SMILES string of the molecule is COC1=CCC(OC)(C(C)(C)O)C=C1. The molecule has 0 saturated carbocycles. The van der Waals surface area contributed by atoms with E-state index < -0.39 is 11.2 Å². The van der Waals surface area contributed by atoms with Crippen LogP contribution >= 0.6 is 0 Å². The summed E-state index contributed by atoms with van der Waals surface area (Å²) < 4.78 is 10.5. The number of hydrogen-bond donors (Lipinski definition) is 1. The summed E-state index contributed by atoms with van der Waals surface area (Å²) in [5.41, 5.74) is -1.55. The Hall–Kier alpha value is -0.800. The Morgan fingerprint density at radius 2 is 2.07 bits per heavy atom. The van der Waals surface area contributed by atoms with Crippen LogP contribution in [0.15, 0.2) is 24.0 Å². The number of aliphatic hydroxyl groups is 1. The van der Waals surface area contributed by atoms with E-state index in [1.807, 2.05) is 18.2 Å². The Morgan fingerprint density at radius 1 is 1.43 bits per heavy atom. The summed E-state index contributed by atoms with van der Waals surface area (Å²) in [4.78, 5) is 0. The molecule has 14 heavy (non-hydrogen) atoms. The van der Waals surface area contributed by atoms with E-state index in [4.69, 9.17) is 9.47 Å². The molecule has 0 bridgehead atoms. The first-order valence-corrected chi connectivity index (χ1v) is 4.66. The third-order valence-electron chi connectivity index (χ3n) is 2.76. The molecule has 1 N–H and O–H groups in total. The molecule has 0 spiro atoms. The van der Waals surface area contributed by atoms with Crippen molar-refractivity contribution < 1.29 is 14.6 Å². The minimum Gasteiger partial charge on any atom is -0.497 e. The van der Waals surface area contributed by atoms with Crippen LogP contribution in [0.4, 0.5) is 0 Å². The minimum absolute atomic E-state index is 0.618. The lowest BCUT2D eigenvalue weighted by Gasteiger charge is -2.40. The van der Waals surface area contributed by atoms with E-state index in [-0.39, 0.29) is 0 Å². The van der Waals surface area contributed by atoms with Crippen molar-refractivity contribution in [3.05, 3.63) is 24.0 Å². The van der Waals surface area contributed by atoms with Crippen molar-refractivity contribution in [3.63, 3.8) is 0 Å². The summed E-state index contributed by atoms with van der Waals surface area (Å²) in [6.45, 7) is 3.49. The molecule has 1 unspecified atom stereocenters. The number of rotatable bonds is 3. The van der Waals surface area contributed by atoms with Gasteiger partial charge in [-0.3, -0.25) is 0 Å². The second-order valence-corrected chi connectivity index (χ2v) is 4.00. The quantitative estimate of drug-likeness (QED) is 0.749. The van der Waals surface area contributed by atoms with Gasteiger partial charge < -0.3 is 14.6 Å². The van der Waals surface area contributed by atoms with Crippen LogP contribution in [0.1, 0.15) is 20.3 Å². The first-order valence-electron chi connectivity index (χ1n) is 4.66. The van der Waals surface area contributed by atoms with Gasteiger partial charge in [0.1, 0.15) is 11.4 Å². The van der Waals surface area contributed by atoms with Crippen molar-refractivity contribution in [1.82, 2.24) is 0 Å². The molecule has 0 aromatic carbocycles. The van der Waals surface area contributed by atoms with Crippen molar-refractivity contribution in [2.45, 2.75) is 31.5 Å². The molecule has 0 aromatic heterocycles. The van der Waals surface area contributed by atoms with Crippen molar-refractivity contribution in [2.75, 3.05) is 14.2 Å². The number of allylic oxidation sites excluding steroid dienone is 1. The Kier molecular flexibility index (Phi) is 3.02. The molecule has 80 valence electrons. The molecule has 0 aliphatic heterocycles. The van der Waals surface area contributed by atoms with E-state index in [9.17, 15) is 5.11 Å². The summed E-state index contributed by atoms with van der Waals surface area (Å²) >= 11 is 0. The van der Waals surface area contributed by atoms with E-state index in [1.54, 1.807) is 28.1 Å². The lowest BCUT2D eigenvalue weighted by atomic mass is 9.80. The topological polar surface area (TPSA) is 38.7 Å². The molecule has 1 atom stereocenters. The smallest absolute Gasteiger partial charge is 0.118 e. The Labute approximate surface area is 85.0 Å². The molecule has 0 saturated heterocycles. The van der Waals surface area contributed by atoms with E-state index >= 15 is 0 Å². The van der Waals surface area contributed by atoms with Gasteiger partial charge in [-0.1, -0.05) is 0 Å². The van der Waals surface area contributed by atoms with Gasteiger partial charge in [-0.2, -0.15) is 0 Å². The second-order valence-electron chi connectivity index (χ2n) is 4.00. The predicted molar refractivity (Wildman–Crippen MR) is 54.9 cm³/mol. The third kappa shape index (κ3) is 1.83. The Bertz CT molecular complexity index is 260. The van der Waals surface area contributed by atoms with Gasteiger partial charge in [0, 0.05) is 13.5 Å². The van der Waals surface area contributed by atoms with Gasteiger partial charge in [0.2, 0.25) is 0 Å². The van der Waals surface area contributed by atoms with Crippen molar-refractivity contribution in [1.29, 1.82) is 0 Å². The van der Waals surface area contributed by atoms with E-state index in [1.165, 1.54) is 0 Å². The number of hydrogen-bond acceptors (Lipinski definition) is 3. The summed E-state index contributed by atoms with van der Waals surface area (Å²) in [5.74, 6) is 0.807. The molecule has 0 amide bonds. The first-order chi connectivity index (χ1) is 6.45. The molecule has 1 aliphatic carbocycles. The largest absolute Gasteiger partial charge is 0.497 e. The number of methoxy groups -OCH3 is 2. The first kappa shape index (κ1) is 11.3. The summed E-state index contributed by atoms with van der Waals surface area (Å²) in [5, 5.41) is 10.0. The van der Waals surface area contributed by atoms with Crippen LogP contribution in [0, 0.1) is 0 Å². The molecule has 1 aliphatic rings. The normalized spacial score (nSPS) is 27.4. The standard InChI is InChI=1S/C11H18O3/c1-10(2,12)11(14-4)7-5-9(13-3)6-8-11/h5-7,12H,8H2,1-4H3. The zero-order chi connectivity index (χ0) is 10.8. The molecule has 0 radical (unpaired) electrons. The van der Waals surface area contributed by atoms with E-state index in [0.717, 1.165) is 5.76 Å². The monoisotopic (exact) mass is 198 g/mol. The summed E-state index contributed by atoms with van der Waals surface area (Å²) in [6, 6.07) is 0. The zero-order valence-corrected chi connectivity index (χ0v) is 9.20. The molecule has 3 heteroatoms. The highest BCUT2D eigenvalue weighted by Crippen LogP contribution is 2.34. The fourth-order valence-electron chi connectivity index (χ4n) is 1.61. The molecule has 3 nitrogen and oxygen atoms in total. The minimum atomic E-state index is -0.909. The van der Waals surface area contributed by atoms with Gasteiger partial charge in [-0.15, -0.1) is 0 Å². The Balaban J connectivity index is 2.89. The van der Waals surface area contributed by atoms with Gasteiger partial charge in [0.25, 0.3) is 0 Å². The van der Waals surface area contributed by atoms with E-state index in [2.05, 4.69) is 0 Å². The van der Waals surface area contributed by atoms with Crippen LogP contribution in [0.25, 0.3) is 0 Å². The van der Waals surface area contributed by atoms with Gasteiger partial charge in [0.05, 0.1) is 12.7 Å².